The number of phenolic OH excluding ortho intramolecular Hbond substituents is 1. The third kappa shape index (κ3) is 2.66. The number of phenols is 1. The second kappa shape index (κ2) is 5.42. The van der Waals surface area contributed by atoms with Gasteiger partial charge < -0.3 is 10.0 Å². The van der Waals surface area contributed by atoms with Gasteiger partial charge in [-0.2, -0.15) is 0 Å². The fourth-order valence-corrected chi connectivity index (χ4v) is 2.63. The molecule has 98 valence electrons. The summed E-state index contributed by atoms with van der Waals surface area (Å²) in [7, 11) is 0. The van der Waals surface area contributed by atoms with Gasteiger partial charge in [0.1, 0.15) is 5.75 Å². The molecule has 1 unspecified atom stereocenters. The molecule has 0 saturated carbocycles. The largest absolute Gasteiger partial charge is 0.508 e. The lowest BCUT2D eigenvalue weighted by atomic mass is 10.0. The van der Waals surface area contributed by atoms with Crippen LogP contribution in [0.25, 0.3) is 0 Å². The molecule has 18 heavy (non-hydrogen) atoms. The number of carbonyl (C=O) groups excluding carboxylic acids is 1. The number of carbonyl (C=O) groups is 1. The summed E-state index contributed by atoms with van der Waals surface area (Å²) in [6.45, 7) is 5.75. The molecular weight excluding hydrogens is 226 g/mol. The molecule has 1 heterocycles. The molecule has 0 aliphatic carbocycles. The predicted molar refractivity (Wildman–Crippen MR) is 71.8 cm³/mol. The number of aryl methyl sites for hydroxylation is 1. The summed E-state index contributed by atoms with van der Waals surface area (Å²) in [5.41, 5.74) is 1.44. The van der Waals surface area contributed by atoms with Gasteiger partial charge in [0.2, 0.25) is 0 Å². The van der Waals surface area contributed by atoms with Gasteiger partial charge in [0, 0.05) is 18.7 Å². The molecule has 1 atom stereocenters. The van der Waals surface area contributed by atoms with Crippen LogP contribution in [0.15, 0.2) is 18.2 Å². The van der Waals surface area contributed by atoms with E-state index in [1.807, 2.05) is 11.8 Å². The molecule has 1 aliphatic rings. The lowest BCUT2D eigenvalue weighted by molar-refractivity contribution is 0.0786. The minimum absolute atomic E-state index is 0.0942. The third-order valence-corrected chi connectivity index (χ3v) is 3.71. The van der Waals surface area contributed by atoms with Crippen molar-refractivity contribution in [3.05, 3.63) is 29.3 Å². The van der Waals surface area contributed by atoms with E-state index in [9.17, 15) is 9.90 Å². The van der Waals surface area contributed by atoms with Gasteiger partial charge in [0.25, 0.3) is 5.91 Å². The van der Waals surface area contributed by atoms with Crippen molar-refractivity contribution in [3.63, 3.8) is 0 Å². The number of aromatic hydroxyl groups is 1. The van der Waals surface area contributed by atoms with Crippen molar-refractivity contribution in [1.29, 1.82) is 0 Å². The SMILES string of the molecule is CCCC1CCN(C(=O)c2ccc(O)c(C)c2)C1. The molecule has 0 radical (unpaired) electrons. The highest BCUT2D eigenvalue weighted by Gasteiger charge is 2.26. The van der Waals surface area contributed by atoms with Crippen LogP contribution in [0.2, 0.25) is 0 Å². The average molecular weight is 247 g/mol. The Morgan fingerprint density at radius 2 is 2.28 bits per heavy atom. The van der Waals surface area contributed by atoms with Crippen LogP contribution in [0.5, 0.6) is 5.75 Å². The zero-order valence-electron chi connectivity index (χ0n) is 11.1. The first-order valence-corrected chi connectivity index (χ1v) is 6.70. The maximum absolute atomic E-state index is 12.3. The van der Waals surface area contributed by atoms with E-state index in [2.05, 4.69) is 6.92 Å². The Kier molecular flexibility index (Phi) is 3.90. The summed E-state index contributed by atoms with van der Waals surface area (Å²) in [5, 5.41) is 9.48. The minimum Gasteiger partial charge on any atom is -0.508 e. The van der Waals surface area contributed by atoms with Gasteiger partial charge in [-0.15, -0.1) is 0 Å². The summed E-state index contributed by atoms with van der Waals surface area (Å²) in [6, 6.07) is 5.07. The van der Waals surface area contributed by atoms with Gasteiger partial charge >= 0.3 is 0 Å². The maximum atomic E-state index is 12.3. The lowest BCUT2D eigenvalue weighted by Crippen LogP contribution is -2.28. The molecule has 1 aromatic rings. The smallest absolute Gasteiger partial charge is 0.253 e. The Hall–Kier alpha value is -1.51. The Morgan fingerprint density at radius 3 is 2.94 bits per heavy atom. The van der Waals surface area contributed by atoms with E-state index in [1.165, 1.54) is 12.8 Å². The summed E-state index contributed by atoms with van der Waals surface area (Å²) in [5.74, 6) is 1.01. The van der Waals surface area contributed by atoms with E-state index in [1.54, 1.807) is 18.2 Å². The highest BCUT2D eigenvalue weighted by atomic mass is 16.3. The van der Waals surface area contributed by atoms with Gasteiger partial charge in [-0.1, -0.05) is 13.3 Å². The van der Waals surface area contributed by atoms with E-state index >= 15 is 0 Å². The normalized spacial score (nSPS) is 19.2. The molecule has 2 rings (SSSR count). The quantitative estimate of drug-likeness (QED) is 0.892. The topological polar surface area (TPSA) is 40.5 Å². The fraction of sp³-hybridized carbons (Fsp3) is 0.533. The van der Waals surface area contributed by atoms with E-state index < -0.39 is 0 Å². The van der Waals surface area contributed by atoms with Gasteiger partial charge in [-0.25, -0.2) is 0 Å². The van der Waals surface area contributed by atoms with Crippen LogP contribution in [-0.4, -0.2) is 29.0 Å². The second-order valence-corrected chi connectivity index (χ2v) is 5.20. The molecule has 0 spiro atoms. The van der Waals surface area contributed by atoms with Crippen LogP contribution >= 0.6 is 0 Å². The average Bonchev–Trinajstić information content (AvgIpc) is 2.81. The Balaban J connectivity index is 2.05. The molecule has 1 amide bonds. The third-order valence-electron chi connectivity index (χ3n) is 3.71. The van der Waals surface area contributed by atoms with Crippen LogP contribution in [-0.2, 0) is 0 Å². The van der Waals surface area contributed by atoms with Crippen molar-refractivity contribution in [2.75, 3.05) is 13.1 Å². The first-order chi connectivity index (χ1) is 8.61. The first-order valence-electron chi connectivity index (χ1n) is 6.70. The fourth-order valence-electron chi connectivity index (χ4n) is 2.63. The van der Waals surface area contributed by atoms with Crippen molar-refractivity contribution < 1.29 is 9.90 Å². The van der Waals surface area contributed by atoms with Crippen LogP contribution in [0.1, 0.15) is 42.1 Å². The van der Waals surface area contributed by atoms with Crippen LogP contribution in [0, 0.1) is 12.8 Å². The van der Waals surface area contributed by atoms with E-state index in [0.29, 0.717) is 11.5 Å². The van der Waals surface area contributed by atoms with E-state index in [0.717, 1.165) is 25.1 Å². The molecular formula is C15H21NO2. The number of hydrogen-bond acceptors (Lipinski definition) is 2. The molecule has 1 N–H and O–H groups in total. The Labute approximate surface area is 108 Å². The van der Waals surface area contributed by atoms with Crippen LogP contribution < -0.4 is 0 Å². The summed E-state index contributed by atoms with van der Waals surface area (Å²) >= 11 is 0. The molecule has 1 aliphatic heterocycles. The van der Waals surface area contributed by atoms with Crippen molar-refractivity contribution >= 4 is 5.91 Å². The number of hydrogen-bond donors (Lipinski definition) is 1. The summed E-state index contributed by atoms with van der Waals surface area (Å²) in [4.78, 5) is 14.2. The molecule has 3 heteroatoms. The number of likely N-dealkylation sites (tertiary alicyclic amines) is 1. The summed E-state index contributed by atoms with van der Waals surface area (Å²) < 4.78 is 0. The minimum atomic E-state index is 0.0942. The maximum Gasteiger partial charge on any atom is 0.253 e. The number of rotatable bonds is 3. The monoisotopic (exact) mass is 247 g/mol. The molecule has 3 nitrogen and oxygen atoms in total. The number of amides is 1. The first kappa shape index (κ1) is 12.9. The second-order valence-electron chi connectivity index (χ2n) is 5.20. The Bertz CT molecular complexity index is 442. The van der Waals surface area contributed by atoms with Gasteiger partial charge in [-0.3, -0.25) is 4.79 Å². The number of benzene rings is 1. The highest BCUT2D eigenvalue weighted by Crippen LogP contribution is 2.24. The molecule has 0 bridgehead atoms. The Morgan fingerprint density at radius 1 is 1.50 bits per heavy atom. The standard InChI is InChI=1S/C15H21NO2/c1-3-4-12-7-8-16(10-12)15(18)13-5-6-14(17)11(2)9-13/h5-6,9,12,17H,3-4,7-8,10H2,1-2H3. The number of nitrogens with zero attached hydrogens (tertiary/aromatic N) is 1. The van der Waals surface area contributed by atoms with Gasteiger partial charge in [0.15, 0.2) is 0 Å². The van der Waals surface area contributed by atoms with Crippen LogP contribution in [0.3, 0.4) is 0 Å². The molecule has 1 fully saturated rings. The van der Waals surface area contributed by atoms with Crippen molar-refractivity contribution in [3.8, 4) is 5.75 Å². The highest BCUT2D eigenvalue weighted by molar-refractivity contribution is 5.94. The molecule has 1 saturated heterocycles. The van der Waals surface area contributed by atoms with Crippen LogP contribution in [0.4, 0.5) is 0 Å². The van der Waals surface area contributed by atoms with E-state index in [4.69, 9.17) is 0 Å². The zero-order chi connectivity index (χ0) is 13.1. The molecule has 0 aromatic heterocycles. The van der Waals surface area contributed by atoms with Gasteiger partial charge in [0.05, 0.1) is 0 Å². The van der Waals surface area contributed by atoms with E-state index in [-0.39, 0.29) is 11.7 Å². The van der Waals surface area contributed by atoms with Crippen molar-refractivity contribution in [2.24, 2.45) is 5.92 Å². The van der Waals surface area contributed by atoms with Crippen molar-refractivity contribution in [2.45, 2.75) is 33.1 Å². The van der Waals surface area contributed by atoms with Gasteiger partial charge in [-0.05, 0) is 49.4 Å². The van der Waals surface area contributed by atoms with Crippen molar-refractivity contribution in [1.82, 2.24) is 4.90 Å². The lowest BCUT2D eigenvalue weighted by Gasteiger charge is -2.17. The predicted octanol–water partition coefficient (Wildman–Crippen LogP) is 2.96. The molecule has 1 aromatic carbocycles. The zero-order valence-corrected chi connectivity index (χ0v) is 11.1. The summed E-state index contributed by atoms with van der Waals surface area (Å²) in [6.07, 6.45) is 3.51.